The summed E-state index contributed by atoms with van der Waals surface area (Å²) < 4.78 is 0.818. The molecule has 1 aromatic carbocycles. The smallest absolute Gasteiger partial charge is 0.252 e. The van der Waals surface area contributed by atoms with Gasteiger partial charge in [-0.05, 0) is 18.2 Å². The van der Waals surface area contributed by atoms with Crippen molar-refractivity contribution in [1.29, 1.82) is 0 Å². The predicted octanol–water partition coefficient (Wildman–Crippen LogP) is 3.07. The Morgan fingerprint density at radius 3 is 2.86 bits per heavy atom. The van der Waals surface area contributed by atoms with Gasteiger partial charge < -0.3 is 5.32 Å². The van der Waals surface area contributed by atoms with Gasteiger partial charge in [0.1, 0.15) is 0 Å². The average Bonchev–Trinajstić information content (AvgIpc) is 2.18. The minimum absolute atomic E-state index is 0.211. The van der Waals surface area contributed by atoms with E-state index in [0.717, 1.165) is 4.47 Å². The zero-order valence-electron chi connectivity index (χ0n) is 7.19. The van der Waals surface area contributed by atoms with Gasteiger partial charge in [-0.1, -0.05) is 27.5 Å². The number of nitrogens with one attached hydrogen (secondary N) is 1. The zero-order chi connectivity index (χ0) is 10.6. The summed E-state index contributed by atoms with van der Waals surface area (Å²) in [7, 11) is 0. The van der Waals surface area contributed by atoms with Crippen LogP contribution in [-0.4, -0.2) is 18.3 Å². The average molecular weight is 297 g/mol. The van der Waals surface area contributed by atoms with Crippen LogP contribution in [0, 0.1) is 0 Å². The first-order chi connectivity index (χ1) is 6.65. The number of halogens is 3. The quantitative estimate of drug-likeness (QED) is 0.854. The van der Waals surface area contributed by atoms with Gasteiger partial charge in [-0.2, -0.15) is 0 Å². The molecule has 0 saturated heterocycles. The monoisotopic (exact) mass is 295 g/mol. The van der Waals surface area contributed by atoms with E-state index in [1.54, 1.807) is 18.2 Å². The molecule has 1 aromatic rings. The van der Waals surface area contributed by atoms with E-state index in [-0.39, 0.29) is 5.91 Å². The van der Waals surface area contributed by atoms with Crippen molar-refractivity contribution in [3.63, 3.8) is 0 Å². The number of hydrogen-bond donors (Lipinski definition) is 1. The van der Waals surface area contributed by atoms with Crippen molar-refractivity contribution in [2.45, 2.75) is 0 Å². The number of rotatable bonds is 3. The fourth-order valence-electron chi connectivity index (χ4n) is 0.928. The van der Waals surface area contributed by atoms with E-state index in [4.69, 9.17) is 23.2 Å². The van der Waals surface area contributed by atoms with Gasteiger partial charge in [-0.25, -0.2) is 0 Å². The number of benzene rings is 1. The fourth-order valence-corrected chi connectivity index (χ4v) is 1.59. The van der Waals surface area contributed by atoms with Crippen molar-refractivity contribution in [3.05, 3.63) is 33.3 Å². The number of alkyl halides is 1. The van der Waals surface area contributed by atoms with Crippen LogP contribution in [-0.2, 0) is 0 Å². The van der Waals surface area contributed by atoms with Crippen molar-refractivity contribution in [3.8, 4) is 0 Å². The molecule has 0 heterocycles. The number of carbonyl (C=O) groups is 1. The highest BCUT2D eigenvalue weighted by Gasteiger charge is 2.09. The summed E-state index contributed by atoms with van der Waals surface area (Å²) in [5.74, 6) is 0.175. The molecule has 1 rings (SSSR count). The number of hydrogen-bond acceptors (Lipinski definition) is 1. The minimum Gasteiger partial charge on any atom is -0.351 e. The van der Waals surface area contributed by atoms with E-state index < -0.39 is 0 Å². The molecular formula is C9H8BrCl2NO. The van der Waals surface area contributed by atoms with Crippen molar-refractivity contribution in [1.82, 2.24) is 5.32 Å². The molecule has 1 amide bonds. The van der Waals surface area contributed by atoms with Gasteiger partial charge in [0, 0.05) is 16.9 Å². The van der Waals surface area contributed by atoms with Crippen LogP contribution in [0.15, 0.2) is 22.7 Å². The Hall–Kier alpha value is -0.250. The van der Waals surface area contributed by atoms with Gasteiger partial charge in [-0.3, -0.25) is 4.79 Å². The van der Waals surface area contributed by atoms with Crippen LogP contribution in [0.25, 0.3) is 0 Å². The lowest BCUT2D eigenvalue weighted by Crippen LogP contribution is -2.25. The largest absolute Gasteiger partial charge is 0.351 e. The normalized spacial score (nSPS) is 9.93. The van der Waals surface area contributed by atoms with Gasteiger partial charge >= 0.3 is 0 Å². The van der Waals surface area contributed by atoms with Gasteiger partial charge in [-0.15, -0.1) is 11.6 Å². The summed E-state index contributed by atoms with van der Waals surface area (Å²) in [6.07, 6.45) is 0. The van der Waals surface area contributed by atoms with Crippen LogP contribution in [0.4, 0.5) is 0 Å². The van der Waals surface area contributed by atoms with E-state index in [9.17, 15) is 4.79 Å². The van der Waals surface area contributed by atoms with Gasteiger partial charge in [0.15, 0.2) is 0 Å². The lowest BCUT2D eigenvalue weighted by Gasteiger charge is -2.05. The molecule has 5 heteroatoms. The molecule has 0 fully saturated rings. The summed E-state index contributed by atoms with van der Waals surface area (Å²) >= 11 is 14.6. The van der Waals surface area contributed by atoms with Crippen molar-refractivity contribution in [2.75, 3.05) is 12.4 Å². The molecule has 1 N–H and O–H groups in total. The molecule has 76 valence electrons. The molecule has 0 atom stereocenters. The molecule has 0 saturated carbocycles. The first-order valence-electron chi connectivity index (χ1n) is 3.94. The van der Waals surface area contributed by atoms with Crippen LogP contribution < -0.4 is 5.32 Å². The second-order valence-corrected chi connectivity index (χ2v) is 4.27. The standard InChI is InChI=1S/C9H8BrCl2NO/c10-6-1-2-8(12)7(5-6)9(14)13-4-3-11/h1-2,5H,3-4H2,(H,13,14). The predicted molar refractivity (Wildman–Crippen MR) is 62.2 cm³/mol. The first-order valence-corrected chi connectivity index (χ1v) is 5.65. The van der Waals surface area contributed by atoms with Crippen LogP contribution in [0.5, 0.6) is 0 Å². The van der Waals surface area contributed by atoms with Gasteiger partial charge in [0.2, 0.25) is 0 Å². The van der Waals surface area contributed by atoms with Crippen LogP contribution in [0.3, 0.4) is 0 Å². The van der Waals surface area contributed by atoms with Crippen LogP contribution in [0.2, 0.25) is 5.02 Å². The molecule has 14 heavy (non-hydrogen) atoms. The van der Waals surface area contributed by atoms with Crippen LogP contribution in [0.1, 0.15) is 10.4 Å². The first kappa shape index (κ1) is 11.8. The Balaban J connectivity index is 2.83. The molecule has 0 unspecified atom stereocenters. The third-order valence-electron chi connectivity index (χ3n) is 1.55. The third-order valence-corrected chi connectivity index (χ3v) is 2.56. The maximum Gasteiger partial charge on any atom is 0.252 e. The highest BCUT2D eigenvalue weighted by atomic mass is 79.9. The Labute approximate surface area is 101 Å². The Kier molecular flexibility index (Phi) is 4.72. The van der Waals surface area contributed by atoms with Crippen molar-refractivity contribution in [2.24, 2.45) is 0 Å². The molecule has 0 aromatic heterocycles. The van der Waals surface area contributed by atoms with E-state index in [2.05, 4.69) is 21.2 Å². The summed E-state index contributed by atoms with van der Waals surface area (Å²) in [4.78, 5) is 11.5. The molecule has 0 bridgehead atoms. The topological polar surface area (TPSA) is 29.1 Å². The Morgan fingerprint density at radius 2 is 2.21 bits per heavy atom. The SMILES string of the molecule is O=C(NCCCl)c1cc(Br)ccc1Cl. The van der Waals surface area contributed by atoms with E-state index in [0.29, 0.717) is 23.0 Å². The molecule has 2 nitrogen and oxygen atoms in total. The third kappa shape index (κ3) is 3.15. The number of carbonyl (C=O) groups excluding carboxylic acids is 1. The summed E-state index contributed by atoms with van der Waals surface area (Å²) in [6, 6.07) is 5.12. The lowest BCUT2D eigenvalue weighted by molar-refractivity contribution is 0.0956. The second-order valence-electron chi connectivity index (χ2n) is 2.57. The molecule has 0 aliphatic heterocycles. The highest BCUT2D eigenvalue weighted by Crippen LogP contribution is 2.20. The highest BCUT2D eigenvalue weighted by molar-refractivity contribution is 9.10. The minimum atomic E-state index is -0.211. The van der Waals surface area contributed by atoms with Crippen molar-refractivity contribution < 1.29 is 4.79 Å². The Bertz CT molecular complexity index is 344. The summed E-state index contributed by atoms with van der Waals surface area (Å²) in [5.41, 5.74) is 0.450. The zero-order valence-corrected chi connectivity index (χ0v) is 10.3. The molecule has 0 aliphatic carbocycles. The van der Waals surface area contributed by atoms with Crippen LogP contribution >= 0.6 is 39.1 Å². The van der Waals surface area contributed by atoms with E-state index in [1.165, 1.54) is 0 Å². The lowest BCUT2D eigenvalue weighted by atomic mass is 10.2. The maximum atomic E-state index is 11.5. The summed E-state index contributed by atoms with van der Waals surface area (Å²) in [5, 5.41) is 3.07. The molecule has 0 spiro atoms. The molecule has 0 radical (unpaired) electrons. The molecular weight excluding hydrogens is 289 g/mol. The van der Waals surface area contributed by atoms with E-state index >= 15 is 0 Å². The second kappa shape index (κ2) is 5.59. The van der Waals surface area contributed by atoms with Gasteiger partial charge in [0.25, 0.3) is 5.91 Å². The number of amides is 1. The maximum absolute atomic E-state index is 11.5. The summed E-state index contributed by atoms with van der Waals surface area (Å²) in [6.45, 7) is 0.434. The fraction of sp³-hybridized carbons (Fsp3) is 0.222. The van der Waals surface area contributed by atoms with E-state index in [1.807, 2.05) is 0 Å². The van der Waals surface area contributed by atoms with Gasteiger partial charge in [0.05, 0.1) is 10.6 Å². The Morgan fingerprint density at radius 1 is 1.50 bits per heavy atom. The molecule has 0 aliphatic rings. The van der Waals surface area contributed by atoms with Crippen molar-refractivity contribution >= 4 is 45.0 Å².